The van der Waals surface area contributed by atoms with Gasteiger partial charge in [-0.25, -0.2) is 4.98 Å². The Balaban J connectivity index is 1.33. The topological polar surface area (TPSA) is 88.4 Å². The van der Waals surface area contributed by atoms with Crippen LogP contribution in [0.15, 0.2) is 41.7 Å². The lowest BCUT2D eigenvalue weighted by molar-refractivity contribution is -0.137. The van der Waals surface area contributed by atoms with Gasteiger partial charge in [0.1, 0.15) is 0 Å². The van der Waals surface area contributed by atoms with Gasteiger partial charge in [-0.2, -0.15) is 0 Å². The standard InChI is InChI=1S/C21H25N5O3/c1-24-13-17(9-19(24)27)21(29)25-7-4-15(5-8-25)12-26-14-23-18(10-20(26)28)16-3-2-6-22-11-16/h2-3,6,10-11,14-15,17H,4-5,7-9,12-13H2,1H3. The Hall–Kier alpha value is -3.03. The molecular weight excluding hydrogens is 370 g/mol. The second-order valence-corrected chi connectivity index (χ2v) is 7.95. The van der Waals surface area contributed by atoms with Crippen LogP contribution in [0.5, 0.6) is 0 Å². The molecule has 2 amide bonds. The lowest BCUT2D eigenvalue weighted by Crippen LogP contribution is -2.43. The lowest BCUT2D eigenvalue weighted by atomic mass is 9.95. The first kappa shape index (κ1) is 19.3. The third kappa shape index (κ3) is 4.21. The molecular formula is C21H25N5O3. The van der Waals surface area contributed by atoms with Crippen LogP contribution < -0.4 is 5.56 Å². The number of rotatable bonds is 4. The number of hydrogen-bond donors (Lipinski definition) is 0. The molecule has 0 aliphatic carbocycles. The Morgan fingerprint density at radius 2 is 2.03 bits per heavy atom. The van der Waals surface area contributed by atoms with Gasteiger partial charge in [0, 0.05) is 63.7 Å². The summed E-state index contributed by atoms with van der Waals surface area (Å²) in [5.74, 6) is 0.243. The molecule has 2 saturated heterocycles. The van der Waals surface area contributed by atoms with E-state index < -0.39 is 0 Å². The van der Waals surface area contributed by atoms with Crippen molar-refractivity contribution >= 4 is 11.8 Å². The minimum absolute atomic E-state index is 0.0415. The summed E-state index contributed by atoms with van der Waals surface area (Å²) < 4.78 is 1.65. The molecule has 1 unspecified atom stereocenters. The molecule has 2 aliphatic heterocycles. The highest BCUT2D eigenvalue weighted by atomic mass is 16.2. The van der Waals surface area contributed by atoms with Crippen LogP contribution in [-0.4, -0.2) is 62.8 Å². The maximum Gasteiger partial charge on any atom is 0.253 e. The van der Waals surface area contributed by atoms with Crippen LogP contribution in [0.25, 0.3) is 11.3 Å². The Morgan fingerprint density at radius 3 is 2.66 bits per heavy atom. The second kappa shape index (κ2) is 8.14. The summed E-state index contributed by atoms with van der Waals surface area (Å²) in [4.78, 5) is 48.8. The summed E-state index contributed by atoms with van der Waals surface area (Å²) in [6.45, 7) is 2.47. The smallest absolute Gasteiger partial charge is 0.253 e. The molecule has 152 valence electrons. The molecule has 2 aromatic heterocycles. The van der Waals surface area contributed by atoms with Crippen LogP contribution >= 0.6 is 0 Å². The van der Waals surface area contributed by atoms with E-state index in [-0.39, 0.29) is 23.3 Å². The third-order valence-electron chi connectivity index (χ3n) is 5.91. The summed E-state index contributed by atoms with van der Waals surface area (Å²) in [6, 6.07) is 5.24. The van der Waals surface area contributed by atoms with Gasteiger partial charge in [-0.3, -0.25) is 23.9 Å². The van der Waals surface area contributed by atoms with E-state index in [2.05, 4.69) is 9.97 Å². The van der Waals surface area contributed by atoms with Crippen molar-refractivity contribution in [3.05, 3.63) is 47.3 Å². The molecule has 2 aliphatic rings. The summed E-state index contributed by atoms with van der Waals surface area (Å²) in [7, 11) is 1.74. The van der Waals surface area contributed by atoms with Gasteiger partial charge in [0.2, 0.25) is 11.8 Å². The molecule has 2 fully saturated rings. The summed E-state index contributed by atoms with van der Waals surface area (Å²) in [5, 5.41) is 0. The summed E-state index contributed by atoms with van der Waals surface area (Å²) in [6.07, 6.45) is 6.99. The van der Waals surface area contributed by atoms with Gasteiger partial charge in [0.25, 0.3) is 5.56 Å². The van der Waals surface area contributed by atoms with E-state index in [9.17, 15) is 14.4 Å². The SMILES string of the molecule is CN1CC(C(=O)N2CCC(Cn3cnc(-c4cccnc4)cc3=O)CC2)CC1=O. The Kier molecular flexibility index (Phi) is 5.42. The van der Waals surface area contributed by atoms with Crippen LogP contribution in [0.1, 0.15) is 19.3 Å². The van der Waals surface area contributed by atoms with Crippen molar-refractivity contribution in [2.24, 2.45) is 11.8 Å². The molecule has 0 bridgehead atoms. The highest BCUT2D eigenvalue weighted by molar-refractivity contribution is 5.89. The van der Waals surface area contributed by atoms with Crippen molar-refractivity contribution in [3.8, 4) is 11.3 Å². The Labute approximate surface area is 169 Å². The van der Waals surface area contributed by atoms with E-state index in [0.717, 1.165) is 18.4 Å². The Morgan fingerprint density at radius 1 is 1.24 bits per heavy atom. The normalized spacial score (nSPS) is 20.3. The second-order valence-electron chi connectivity index (χ2n) is 7.95. The predicted octanol–water partition coefficient (Wildman–Crippen LogP) is 1.02. The predicted molar refractivity (Wildman–Crippen MR) is 107 cm³/mol. The number of pyridine rings is 1. The highest BCUT2D eigenvalue weighted by Crippen LogP contribution is 2.24. The highest BCUT2D eigenvalue weighted by Gasteiger charge is 2.35. The number of nitrogens with zero attached hydrogens (tertiary/aromatic N) is 5. The van der Waals surface area contributed by atoms with Crippen molar-refractivity contribution in [3.63, 3.8) is 0 Å². The van der Waals surface area contributed by atoms with Gasteiger partial charge < -0.3 is 9.80 Å². The van der Waals surface area contributed by atoms with Gasteiger partial charge in [0.05, 0.1) is 17.9 Å². The van der Waals surface area contributed by atoms with E-state index in [1.807, 2.05) is 17.0 Å². The van der Waals surface area contributed by atoms with Crippen LogP contribution in [0, 0.1) is 11.8 Å². The summed E-state index contributed by atoms with van der Waals surface area (Å²) >= 11 is 0. The van der Waals surface area contributed by atoms with Gasteiger partial charge in [-0.1, -0.05) is 0 Å². The maximum atomic E-state index is 12.7. The quantitative estimate of drug-likeness (QED) is 0.771. The maximum absolute atomic E-state index is 12.7. The van der Waals surface area contributed by atoms with Gasteiger partial charge >= 0.3 is 0 Å². The number of aromatic nitrogens is 3. The molecule has 0 aromatic carbocycles. The van der Waals surface area contributed by atoms with Crippen molar-refractivity contribution in [2.75, 3.05) is 26.7 Å². The number of likely N-dealkylation sites (tertiary alicyclic amines) is 2. The number of piperidine rings is 1. The molecule has 2 aromatic rings. The number of hydrogen-bond acceptors (Lipinski definition) is 5. The minimum atomic E-state index is -0.212. The largest absolute Gasteiger partial charge is 0.345 e. The number of carbonyl (C=O) groups excluding carboxylic acids is 2. The number of amides is 2. The average molecular weight is 395 g/mol. The molecule has 29 heavy (non-hydrogen) atoms. The van der Waals surface area contributed by atoms with Crippen LogP contribution in [0.4, 0.5) is 0 Å². The molecule has 8 nitrogen and oxygen atoms in total. The first-order chi connectivity index (χ1) is 14.0. The Bertz CT molecular complexity index is 950. The van der Waals surface area contributed by atoms with Crippen molar-refractivity contribution in [2.45, 2.75) is 25.8 Å². The number of carbonyl (C=O) groups is 2. The van der Waals surface area contributed by atoms with E-state index in [1.165, 1.54) is 0 Å². The fourth-order valence-corrected chi connectivity index (χ4v) is 4.14. The molecule has 4 heterocycles. The van der Waals surface area contributed by atoms with E-state index in [0.29, 0.717) is 44.2 Å². The zero-order valence-electron chi connectivity index (χ0n) is 16.5. The summed E-state index contributed by atoms with van der Waals surface area (Å²) in [5.41, 5.74) is 1.36. The van der Waals surface area contributed by atoms with Gasteiger partial charge in [-0.05, 0) is 30.9 Å². The fraction of sp³-hybridized carbons (Fsp3) is 0.476. The molecule has 0 N–H and O–H groups in total. The van der Waals surface area contributed by atoms with Crippen molar-refractivity contribution in [1.82, 2.24) is 24.3 Å². The first-order valence-corrected chi connectivity index (χ1v) is 10.0. The van der Waals surface area contributed by atoms with Gasteiger partial charge in [-0.15, -0.1) is 0 Å². The van der Waals surface area contributed by atoms with E-state index in [1.54, 1.807) is 41.3 Å². The lowest BCUT2D eigenvalue weighted by Gasteiger charge is -2.33. The average Bonchev–Trinajstić information content (AvgIpc) is 3.08. The van der Waals surface area contributed by atoms with Crippen LogP contribution in [-0.2, 0) is 16.1 Å². The van der Waals surface area contributed by atoms with Crippen molar-refractivity contribution < 1.29 is 9.59 Å². The monoisotopic (exact) mass is 395 g/mol. The zero-order chi connectivity index (χ0) is 20.4. The molecule has 0 saturated carbocycles. The molecule has 1 atom stereocenters. The molecule has 8 heteroatoms. The molecule has 0 spiro atoms. The first-order valence-electron chi connectivity index (χ1n) is 10.0. The fourth-order valence-electron chi connectivity index (χ4n) is 4.14. The van der Waals surface area contributed by atoms with Crippen LogP contribution in [0.3, 0.4) is 0 Å². The zero-order valence-corrected chi connectivity index (χ0v) is 16.5. The molecule has 0 radical (unpaired) electrons. The van der Waals surface area contributed by atoms with Crippen molar-refractivity contribution in [1.29, 1.82) is 0 Å². The third-order valence-corrected chi connectivity index (χ3v) is 5.91. The van der Waals surface area contributed by atoms with Crippen LogP contribution in [0.2, 0.25) is 0 Å². The minimum Gasteiger partial charge on any atom is -0.345 e. The van der Waals surface area contributed by atoms with E-state index >= 15 is 0 Å². The van der Waals surface area contributed by atoms with E-state index in [4.69, 9.17) is 0 Å². The molecule has 4 rings (SSSR count). The van der Waals surface area contributed by atoms with Gasteiger partial charge in [0.15, 0.2) is 0 Å².